The summed E-state index contributed by atoms with van der Waals surface area (Å²) in [4.78, 5) is 51.1. The number of ether oxygens (including phenoxy) is 2. The van der Waals surface area contributed by atoms with Crippen LogP contribution in [0.2, 0.25) is 6.04 Å². The average Bonchev–Trinajstić information content (AvgIpc) is 3.13. The molecule has 1 atom stereocenters. The molecule has 2 amide bonds. The van der Waals surface area contributed by atoms with Crippen LogP contribution in [0.4, 0.5) is 10.5 Å². The number of nitro benzene ring substituents is 1. The van der Waals surface area contributed by atoms with Crippen LogP contribution in [0, 0.1) is 10.1 Å². The van der Waals surface area contributed by atoms with E-state index in [9.17, 15) is 24.5 Å². The molecule has 0 N–H and O–H groups in total. The van der Waals surface area contributed by atoms with Gasteiger partial charge in [-0.15, -0.1) is 0 Å². The summed E-state index contributed by atoms with van der Waals surface area (Å²) >= 11 is 0. The van der Waals surface area contributed by atoms with Gasteiger partial charge in [0.15, 0.2) is 0 Å². The highest BCUT2D eigenvalue weighted by atomic mass is 28.4. The van der Waals surface area contributed by atoms with E-state index in [1.165, 1.54) is 47.5 Å². The second-order valence-corrected chi connectivity index (χ2v) is 10.4. The second-order valence-electron chi connectivity index (χ2n) is 7.31. The molecule has 0 aliphatic carbocycles. The lowest BCUT2D eigenvalue weighted by Crippen LogP contribution is -2.42. The Bertz CT molecular complexity index is 911. The molecular weight excluding hydrogens is 472 g/mol. The number of hydroxylamine groups is 2. The Hall–Kier alpha value is -3.07. The lowest BCUT2D eigenvalue weighted by molar-refractivity contribution is -0.386. The molecule has 1 fully saturated rings. The van der Waals surface area contributed by atoms with Crippen LogP contribution < -0.4 is 4.74 Å². The van der Waals surface area contributed by atoms with Crippen LogP contribution >= 0.6 is 0 Å². The first-order valence-corrected chi connectivity index (χ1v) is 12.3. The monoisotopic (exact) mass is 500 g/mol. The van der Waals surface area contributed by atoms with Crippen molar-refractivity contribution in [2.75, 3.05) is 28.4 Å². The number of benzene rings is 1. The van der Waals surface area contributed by atoms with E-state index in [1.807, 2.05) is 0 Å². The molecule has 188 valence electrons. The Morgan fingerprint density at radius 1 is 1.12 bits per heavy atom. The number of rotatable bonds is 12. The second kappa shape index (κ2) is 11.9. The SMILES string of the molecule is COc1cc(C(C)OC(=O)ON2C(=O)CCC2=O)c([N+](=O)[O-])cc1CCC[Si](OC)(OC)OC. The summed E-state index contributed by atoms with van der Waals surface area (Å²) in [5.41, 5.74) is 0.321. The number of hydrogen-bond acceptors (Lipinski definition) is 11. The Labute approximate surface area is 197 Å². The molecule has 1 aliphatic rings. The zero-order valence-corrected chi connectivity index (χ0v) is 20.7. The van der Waals surface area contributed by atoms with Crippen molar-refractivity contribution in [2.24, 2.45) is 0 Å². The van der Waals surface area contributed by atoms with E-state index in [0.717, 1.165) is 0 Å². The zero-order valence-electron chi connectivity index (χ0n) is 19.7. The van der Waals surface area contributed by atoms with Gasteiger partial charge in [0, 0.05) is 51.8 Å². The van der Waals surface area contributed by atoms with Crippen molar-refractivity contribution in [2.45, 2.75) is 44.8 Å². The molecule has 13 nitrogen and oxygen atoms in total. The third kappa shape index (κ3) is 6.28. The third-order valence-corrected chi connectivity index (χ3v) is 8.20. The Balaban J connectivity index is 2.19. The molecule has 0 spiro atoms. The maximum absolute atomic E-state index is 12.1. The molecule has 2 rings (SSSR count). The number of imide groups is 1. The van der Waals surface area contributed by atoms with E-state index >= 15 is 0 Å². The van der Waals surface area contributed by atoms with Gasteiger partial charge in [-0.2, -0.15) is 0 Å². The van der Waals surface area contributed by atoms with Crippen LogP contribution in [-0.2, 0) is 38.9 Å². The largest absolute Gasteiger partial charge is 0.534 e. The summed E-state index contributed by atoms with van der Waals surface area (Å²) < 4.78 is 26.7. The molecular formula is C20H28N2O11Si. The van der Waals surface area contributed by atoms with Crippen molar-refractivity contribution in [1.29, 1.82) is 0 Å². The molecule has 34 heavy (non-hydrogen) atoms. The van der Waals surface area contributed by atoms with Crippen LogP contribution in [0.15, 0.2) is 12.1 Å². The number of aryl methyl sites for hydroxylation is 1. The van der Waals surface area contributed by atoms with Gasteiger partial charge >= 0.3 is 15.0 Å². The van der Waals surface area contributed by atoms with Gasteiger partial charge in [-0.05, 0) is 25.8 Å². The minimum atomic E-state index is -2.80. The Morgan fingerprint density at radius 2 is 1.71 bits per heavy atom. The quantitative estimate of drug-likeness (QED) is 0.137. The minimum absolute atomic E-state index is 0.0519. The van der Waals surface area contributed by atoms with Gasteiger partial charge in [0.1, 0.15) is 11.9 Å². The number of nitro groups is 1. The molecule has 14 heteroatoms. The molecule has 1 saturated heterocycles. The van der Waals surface area contributed by atoms with Crippen molar-refractivity contribution < 1.29 is 46.9 Å². The molecule has 0 radical (unpaired) electrons. The molecule has 1 heterocycles. The lowest BCUT2D eigenvalue weighted by Gasteiger charge is -2.24. The summed E-state index contributed by atoms with van der Waals surface area (Å²) in [5.74, 6) is -0.989. The van der Waals surface area contributed by atoms with E-state index in [0.29, 0.717) is 35.3 Å². The summed E-state index contributed by atoms with van der Waals surface area (Å²) in [7, 11) is 3.11. The Morgan fingerprint density at radius 3 is 2.21 bits per heavy atom. The zero-order chi connectivity index (χ0) is 25.5. The Kier molecular flexibility index (Phi) is 9.49. The summed E-state index contributed by atoms with van der Waals surface area (Å²) in [6.07, 6.45) is -1.67. The van der Waals surface area contributed by atoms with Gasteiger partial charge in [-0.1, -0.05) is 5.06 Å². The number of hydrogen-bond donors (Lipinski definition) is 0. The van der Waals surface area contributed by atoms with Crippen molar-refractivity contribution in [1.82, 2.24) is 5.06 Å². The normalized spacial score (nSPS) is 14.8. The lowest BCUT2D eigenvalue weighted by atomic mass is 10.0. The van der Waals surface area contributed by atoms with Crippen LogP contribution in [0.5, 0.6) is 5.75 Å². The van der Waals surface area contributed by atoms with Crippen molar-refractivity contribution in [3.8, 4) is 5.75 Å². The molecule has 1 aromatic carbocycles. The molecule has 1 unspecified atom stereocenters. The van der Waals surface area contributed by atoms with Crippen molar-refractivity contribution in [3.63, 3.8) is 0 Å². The van der Waals surface area contributed by atoms with Gasteiger partial charge in [-0.25, -0.2) is 4.79 Å². The fourth-order valence-corrected chi connectivity index (χ4v) is 5.23. The number of amides is 2. The van der Waals surface area contributed by atoms with E-state index in [4.69, 9.17) is 22.8 Å². The first kappa shape index (κ1) is 27.2. The first-order valence-electron chi connectivity index (χ1n) is 10.4. The third-order valence-electron chi connectivity index (χ3n) is 5.37. The van der Waals surface area contributed by atoms with Crippen molar-refractivity contribution in [3.05, 3.63) is 33.4 Å². The van der Waals surface area contributed by atoms with Crippen molar-refractivity contribution >= 4 is 32.5 Å². The smallest absolute Gasteiger partial charge is 0.496 e. The number of nitrogens with zero attached hydrogens (tertiary/aromatic N) is 2. The topological polar surface area (TPSA) is 153 Å². The predicted molar refractivity (Wildman–Crippen MR) is 117 cm³/mol. The standard InChI is InChI=1S/C20H28N2O11Si/c1-13(32-20(25)33-21-18(23)8-9-19(21)24)15-12-17(28-2)14(11-16(15)22(26)27)7-6-10-34(29-3,30-4)31-5/h11-13H,6-10H2,1-5H3. The van der Waals surface area contributed by atoms with Gasteiger partial charge in [0.2, 0.25) is 0 Å². The first-order chi connectivity index (χ1) is 16.1. The van der Waals surface area contributed by atoms with E-state index in [-0.39, 0.29) is 24.1 Å². The van der Waals surface area contributed by atoms with Gasteiger partial charge in [-0.3, -0.25) is 24.5 Å². The molecule has 0 bridgehead atoms. The summed E-state index contributed by atoms with van der Waals surface area (Å²) in [5, 5.41) is 12.1. The average molecular weight is 501 g/mol. The molecule has 1 aliphatic heterocycles. The number of methoxy groups -OCH3 is 1. The van der Waals surface area contributed by atoms with Gasteiger partial charge < -0.3 is 22.8 Å². The van der Waals surface area contributed by atoms with Gasteiger partial charge in [0.25, 0.3) is 17.5 Å². The van der Waals surface area contributed by atoms with Crippen LogP contribution in [0.1, 0.15) is 43.4 Å². The summed E-state index contributed by atoms with van der Waals surface area (Å²) in [6, 6.07) is 3.24. The minimum Gasteiger partial charge on any atom is -0.496 e. The molecule has 0 saturated carbocycles. The predicted octanol–water partition coefficient (Wildman–Crippen LogP) is 2.69. The summed E-state index contributed by atoms with van der Waals surface area (Å²) in [6.45, 7) is 1.39. The highest BCUT2D eigenvalue weighted by Crippen LogP contribution is 2.35. The van der Waals surface area contributed by atoms with E-state index < -0.39 is 37.8 Å². The fraction of sp³-hybridized carbons (Fsp3) is 0.550. The number of carbonyl (C=O) groups excluding carboxylic acids is 3. The fourth-order valence-electron chi connectivity index (χ4n) is 3.51. The maximum atomic E-state index is 12.1. The van der Waals surface area contributed by atoms with E-state index in [1.54, 1.807) is 0 Å². The molecule has 1 aromatic rings. The van der Waals surface area contributed by atoms with Gasteiger partial charge in [0.05, 0.1) is 17.6 Å². The number of carbonyl (C=O) groups is 3. The molecule has 0 aromatic heterocycles. The maximum Gasteiger partial charge on any atom is 0.534 e. The highest BCUT2D eigenvalue weighted by Gasteiger charge is 2.37. The van der Waals surface area contributed by atoms with Crippen LogP contribution in [0.25, 0.3) is 0 Å². The van der Waals surface area contributed by atoms with Crippen LogP contribution in [-0.4, -0.2) is 65.2 Å². The van der Waals surface area contributed by atoms with Crippen LogP contribution in [0.3, 0.4) is 0 Å². The highest BCUT2D eigenvalue weighted by molar-refractivity contribution is 6.60. The van der Waals surface area contributed by atoms with E-state index in [2.05, 4.69) is 4.84 Å².